The summed E-state index contributed by atoms with van der Waals surface area (Å²) in [5.74, 6) is 0. The van der Waals surface area contributed by atoms with Gasteiger partial charge in [-0.1, -0.05) is 12.1 Å². The summed E-state index contributed by atoms with van der Waals surface area (Å²) >= 11 is 0. The lowest BCUT2D eigenvalue weighted by molar-refractivity contribution is 0.536. The summed E-state index contributed by atoms with van der Waals surface area (Å²) in [5, 5.41) is 4.34. The van der Waals surface area contributed by atoms with E-state index in [1.807, 2.05) is 42.1 Å². The Balaban J connectivity index is 1.67. The van der Waals surface area contributed by atoms with Crippen molar-refractivity contribution in [2.24, 2.45) is 17.8 Å². The number of aryl methyl sites for hydroxylation is 1. The third-order valence-corrected chi connectivity index (χ3v) is 6.16. The fourth-order valence-corrected chi connectivity index (χ4v) is 4.47. The zero-order valence-electron chi connectivity index (χ0n) is 18.1. The molecule has 1 fully saturated rings. The summed E-state index contributed by atoms with van der Waals surface area (Å²) in [4.78, 5) is 26.3. The van der Waals surface area contributed by atoms with Gasteiger partial charge in [0.2, 0.25) is 0 Å². The van der Waals surface area contributed by atoms with Gasteiger partial charge in [-0.2, -0.15) is 0 Å². The highest BCUT2D eigenvalue weighted by atomic mass is 16.1. The van der Waals surface area contributed by atoms with Gasteiger partial charge < -0.3 is 11.1 Å². The molecule has 4 heterocycles. The fourth-order valence-electron chi connectivity index (χ4n) is 4.47. The maximum Gasteiger partial charge on any atom is 0.329 e. The third kappa shape index (κ3) is 3.20. The molecule has 162 valence electrons. The number of hydrogen-bond acceptors (Lipinski definition) is 6. The van der Waals surface area contributed by atoms with Crippen LogP contribution in [-0.4, -0.2) is 45.5 Å². The quantitative estimate of drug-likeness (QED) is 0.487. The molecule has 3 N–H and O–H groups in total. The smallest absolute Gasteiger partial charge is 0.329 e. The average Bonchev–Trinajstić information content (AvgIpc) is 3.44. The normalized spacial score (nSPS) is 17.2. The van der Waals surface area contributed by atoms with Gasteiger partial charge in [-0.25, -0.2) is 4.79 Å². The number of rotatable bonds is 4. The Kier molecular flexibility index (Phi) is 5.07. The Labute approximate surface area is 185 Å². The van der Waals surface area contributed by atoms with Crippen molar-refractivity contribution >= 4 is 33.7 Å². The van der Waals surface area contributed by atoms with Gasteiger partial charge in [0, 0.05) is 55.8 Å². The van der Waals surface area contributed by atoms with Crippen molar-refractivity contribution in [3.8, 4) is 11.1 Å². The van der Waals surface area contributed by atoms with Gasteiger partial charge in [0.25, 0.3) is 0 Å². The Hall–Kier alpha value is -3.78. The number of allylic oxidation sites excluding steroid dienone is 1. The predicted octanol–water partition coefficient (Wildman–Crippen LogP) is 2.48. The predicted molar refractivity (Wildman–Crippen MR) is 129 cm³/mol. The van der Waals surface area contributed by atoms with Gasteiger partial charge in [0.05, 0.1) is 34.5 Å². The fraction of sp³-hybridized carbons (Fsp3) is 0.250. The van der Waals surface area contributed by atoms with Gasteiger partial charge in [-0.05, 0) is 36.7 Å². The van der Waals surface area contributed by atoms with Gasteiger partial charge in [-0.3, -0.25) is 24.1 Å². The van der Waals surface area contributed by atoms with Crippen LogP contribution >= 0.6 is 0 Å². The largest absolute Gasteiger partial charge is 0.404 e. The summed E-state index contributed by atoms with van der Waals surface area (Å²) in [6, 6.07) is 10.2. The zero-order valence-corrected chi connectivity index (χ0v) is 18.1. The molecular formula is C24H25N7O. The first kappa shape index (κ1) is 20.1. The number of nitrogens with one attached hydrogen (secondary N) is 1. The number of aliphatic imine (C=N–C) groups is 1. The van der Waals surface area contributed by atoms with Crippen molar-refractivity contribution in [3.05, 3.63) is 65.1 Å². The Morgan fingerprint density at radius 1 is 1.22 bits per heavy atom. The standard InChI is InChI=1S/C24H25N7O/c1-26-11-17(10-25)20-5-4-16(12-28-20)15-3-6-21-19(9-15)23-22(14-29-21)30(2)24(32)31(23)18-7-8-27-13-18/h3-6,9-12,14,18,27H,7-8,13,25H2,1-2H3. The zero-order chi connectivity index (χ0) is 22.2. The lowest BCUT2D eigenvalue weighted by Crippen LogP contribution is -2.27. The Morgan fingerprint density at radius 2 is 2.06 bits per heavy atom. The number of nitrogens with zero attached hydrogens (tertiary/aromatic N) is 5. The molecule has 1 unspecified atom stereocenters. The first-order chi connectivity index (χ1) is 15.6. The number of imidazole rings is 1. The molecule has 1 aliphatic rings. The highest BCUT2D eigenvalue weighted by Gasteiger charge is 2.24. The molecular weight excluding hydrogens is 402 g/mol. The van der Waals surface area contributed by atoms with E-state index < -0.39 is 0 Å². The molecule has 1 aromatic carbocycles. The molecule has 0 radical (unpaired) electrons. The molecule has 4 aromatic rings. The number of fused-ring (bicyclic) bond motifs is 3. The van der Waals surface area contributed by atoms with Crippen molar-refractivity contribution in [2.75, 3.05) is 20.1 Å². The third-order valence-electron chi connectivity index (χ3n) is 6.16. The molecule has 32 heavy (non-hydrogen) atoms. The highest BCUT2D eigenvalue weighted by Crippen LogP contribution is 2.30. The van der Waals surface area contributed by atoms with Crippen LogP contribution < -0.4 is 16.7 Å². The number of hydrogen-bond donors (Lipinski definition) is 2. The van der Waals surface area contributed by atoms with Crippen LogP contribution in [0.25, 0.3) is 38.6 Å². The van der Waals surface area contributed by atoms with Crippen LogP contribution in [0.2, 0.25) is 0 Å². The summed E-state index contributed by atoms with van der Waals surface area (Å²) in [6.45, 7) is 1.72. The molecule has 8 heteroatoms. The molecule has 0 bridgehead atoms. The molecule has 0 saturated carbocycles. The van der Waals surface area contributed by atoms with Crippen LogP contribution in [-0.2, 0) is 7.05 Å². The Bertz CT molecular complexity index is 1420. The molecule has 3 aromatic heterocycles. The molecule has 5 rings (SSSR count). The van der Waals surface area contributed by atoms with Crippen molar-refractivity contribution in [1.82, 2.24) is 24.4 Å². The second kappa shape index (κ2) is 8.05. The molecule has 1 saturated heterocycles. The lowest BCUT2D eigenvalue weighted by Gasteiger charge is -2.12. The van der Waals surface area contributed by atoms with Crippen LogP contribution in [0.3, 0.4) is 0 Å². The van der Waals surface area contributed by atoms with Gasteiger partial charge in [-0.15, -0.1) is 0 Å². The van der Waals surface area contributed by atoms with E-state index in [0.29, 0.717) is 0 Å². The molecule has 1 atom stereocenters. The number of benzene rings is 1. The number of aromatic nitrogens is 4. The molecule has 0 aliphatic carbocycles. The van der Waals surface area contributed by atoms with Crippen molar-refractivity contribution in [2.45, 2.75) is 12.5 Å². The van der Waals surface area contributed by atoms with E-state index in [1.165, 1.54) is 6.20 Å². The second-order valence-electron chi connectivity index (χ2n) is 8.02. The van der Waals surface area contributed by atoms with Crippen LogP contribution in [0.15, 0.2) is 58.7 Å². The minimum absolute atomic E-state index is 0.00175. The van der Waals surface area contributed by atoms with Crippen LogP contribution in [0.1, 0.15) is 18.2 Å². The van der Waals surface area contributed by atoms with E-state index in [4.69, 9.17) is 5.73 Å². The number of nitrogens with two attached hydrogens (primary N) is 1. The topological polar surface area (TPSA) is 103 Å². The summed E-state index contributed by atoms with van der Waals surface area (Å²) in [6.07, 6.45) is 7.75. The van der Waals surface area contributed by atoms with Crippen molar-refractivity contribution in [3.63, 3.8) is 0 Å². The Morgan fingerprint density at radius 3 is 2.75 bits per heavy atom. The minimum Gasteiger partial charge on any atom is -0.404 e. The minimum atomic E-state index is -0.00175. The average molecular weight is 428 g/mol. The first-order valence-electron chi connectivity index (χ1n) is 10.6. The maximum absolute atomic E-state index is 13.1. The van der Waals surface area contributed by atoms with Crippen LogP contribution in [0.5, 0.6) is 0 Å². The molecule has 0 amide bonds. The first-order valence-corrected chi connectivity index (χ1v) is 10.6. The lowest BCUT2D eigenvalue weighted by atomic mass is 10.0. The van der Waals surface area contributed by atoms with Crippen molar-refractivity contribution in [1.29, 1.82) is 0 Å². The number of pyridine rings is 2. The molecule has 0 spiro atoms. The van der Waals surface area contributed by atoms with Gasteiger partial charge in [0.15, 0.2) is 0 Å². The van der Waals surface area contributed by atoms with Gasteiger partial charge in [0.1, 0.15) is 0 Å². The van der Waals surface area contributed by atoms with Crippen LogP contribution in [0.4, 0.5) is 0 Å². The summed E-state index contributed by atoms with van der Waals surface area (Å²) in [5.41, 5.74) is 11.9. The van der Waals surface area contributed by atoms with Crippen LogP contribution in [0, 0.1) is 0 Å². The van der Waals surface area contributed by atoms with E-state index in [1.54, 1.807) is 24.0 Å². The summed E-state index contributed by atoms with van der Waals surface area (Å²) < 4.78 is 3.63. The summed E-state index contributed by atoms with van der Waals surface area (Å²) in [7, 11) is 3.51. The molecule has 1 aliphatic heterocycles. The van der Waals surface area contributed by atoms with E-state index >= 15 is 0 Å². The maximum atomic E-state index is 13.1. The van der Waals surface area contributed by atoms with E-state index in [2.05, 4.69) is 26.3 Å². The van der Waals surface area contributed by atoms with Gasteiger partial charge >= 0.3 is 5.69 Å². The second-order valence-corrected chi connectivity index (χ2v) is 8.02. The van der Waals surface area contributed by atoms with E-state index in [0.717, 1.165) is 63.8 Å². The molecule has 8 nitrogen and oxygen atoms in total. The van der Waals surface area contributed by atoms with E-state index in [9.17, 15) is 4.79 Å². The van der Waals surface area contributed by atoms with Crippen molar-refractivity contribution < 1.29 is 0 Å². The van der Waals surface area contributed by atoms with E-state index in [-0.39, 0.29) is 11.7 Å². The highest BCUT2D eigenvalue weighted by molar-refractivity contribution is 6.09. The monoisotopic (exact) mass is 427 g/mol. The SMILES string of the molecule is CN=CC(=CN)c1ccc(-c2ccc3ncc4c(c3c2)n(C2CCNC2)c(=O)n4C)cn1.